The average molecular weight is 378 g/mol. The van der Waals surface area contributed by atoms with Gasteiger partial charge in [-0.25, -0.2) is 4.98 Å². The van der Waals surface area contributed by atoms with Gasteiger partial charge in [-0.15, -0.1) is 11.3 Å². The number of likely N-dealkylation sites (N-methyl/N-ethyl adjacent to an activating group) is 1. The second-order valence-corrected chi connectivity index (χ2v) is 7.06. The van der Waals surface area contributed by atoms with E-state index in [-0.39, 0.29) is 6.54 Å². The molecule has 25 heavy (non-hydrogen) atoms. The molecule has 142 valence electrons. The van der Waals surface area contributed by atoms with Crippen molar-refractivity contribution in [3.8, 4) is 0 Å². The highest BCUT2D eigenvalue weighted by molar-refractivity contribution is 7.09. The van der Waals surface area contributed by atoms with Crippen LogP contribution in [0, 0.1) is 0 Å². The van der Waals surface area contributed by atoms with Gasteiger partial charge in [-0.1, -0.05) is 0 Å². The lowest BCUT2D eigenvalue weighted by atomic mass is 10.2. The van der Waals surface area contributed by atoms with Crippen LogP contribution in [0.25, 0.3) is 0 Å². The minimum absolute atomic E-state index is 0.212. The van der Waals surface area contributed by atoms with Gasteiger partial charge in [0.2, 0.25) is 0 Å². The Labute approximate surface area is 150 Å². The van der Waals surface area contributed by atoms with Crippen molar-refractivity contribution in [2.75, 3.05) is 46.8 Å². The summed E-state index contributed by atoms with van der Waals surface area (Å²) < 4.78 is 37.7. The summed E-state index contributed by atoms with van der Waals surface area (Å²) in [4.78, 5) is 12.4. The van der Waals surface area contributed by atoms with E-state index < -0.39 is 11.9 Å². The van der Waals surface area contributed by atoms with Gasteiger partial charge in [0.15, 0.2) is 11.7 Å². The van der Waals surface area contributed by atoms with Gasteiger partial charge in [0, 0.05) is 51.2 Å². The largest absolute Gasteiger partial charge is 0.434 e. The molecule has 1 atom stereocenters. The second-order valence-electron chi connectivity index (χ2n) is 6.12. The number of aliphatic imine (C=N–C) groups is 1. The molecule has 1 aromatic heterocycles. The zero-order chi connectivity index (χ0) is 18.4. The molecule has 1 saturated heterocycles. The number of hydrogen-bond acceptors (Lipinski definition) is 5. The topological polar surface area (TPSA) is 55.8 Å². The number of alkyl halides is 3. The second kappa shape index (κ2) is 8.81. The Balaban J connectivity index is 1.76. The summed E-state index contributed by atoms with van der Waals surface area (Å²) in [7, 11) is 3.76. The van der Waals surface area contributed by atoms with Crippen LogP contribution in [0.1, 0.15) is 17.6 Å². The molecular formula is C15H25F3N6S. The van der Waals surface area contributed by atoms with Gasteiger partial charge in [-0.3, -0.25) is 9.89 Å². The molecule has 0 bridgehead atoms. The molecule has 0 aromatic carbocycles. The van der Waals surface area contributed by atoms with E-state index in [4.69, 9.17) is 0 Å². The number of hydrogen-bond donors (Lipinski definition) is 2. The fourth-order valence-corrected chi connectivity index (χ4v) is 3.28. The maximum absolute atomic E-state index is 12.6. The van der Waals surface area contributed by atoms with Gasteiger partial charge < -0.3 is 15.5 Å². The van der Waals surface area contributed by atoms with Crippen molar-refractivity contribution in [2.24, 2.45) is 4.99 Å². The molecule has 0 aliphatic carbocycles. The molecule has 10 heteroatoms. The summed E-state index contributed by atoms with van der Waals surface area (Å²) >= 11 is 0.987. The van der Waals surface area contributed by atoms with E-state index in [2.05, 4.69) is 44.4 Å². The lowest BCUT2D eigenvalue weighted by Crippen LogP contribution is -2.52. The molecule has 0 spiro atoms. The first-order valence-corrected chi connectivity index (χ1v) is 9.06. The van der Waals surface area contributed by atoms with Crippen molar-refractivity contribution in [1.82, 2.24) is 25.4 Å². The van der Waals surface area contributed by atoms with Crippen molar-refractivity contribution in [3.05, 3.63) is 16.1 Å². The first kappa shape index (κ1) is 19.9. The standard InChI is InChI=1S/C15H25F3N6S/c1-11(24-6-4-23(3)5-7-24)8-20-14(19-2)21-9-13-22-12(10-25-13)15(16,17)18/h10-11H,4-9H2,1-3H3,(H2,19,20,21). The summed E-state index contributed by atoms with van der Waals surface area (Å²) in [6.07, 6.45) is -4.40. The fraction of sp³-hybridized carbons (Fsp3) is 0.733. The third-order valence-electron chi connectivity index (χ3n) is 4.20. The summed E-state index contributed by atoms with van der Waals surface area (Å²) in [5, 5.41) is 7.64. The van der Waals surface area contributed by atoms with Crippen LogP contribution in [0.2, 0.25) is 0 Å². The Morgan fingerprint density at radius 2 is 2.00 bits per heavy atom. The number of halogens is 3. The molecule has 0 saturated carbocycles. The molecule has 1 unspecified atom stereocenters. The van der Waals surface area contributed by atoms with Crippen molar-refractivity contribution in [3.63, 3.8) is 0 Å². The minimum Gasteiger partial charge on any atom is -0.355 e. The molecule has 1 fully saturated rings. The highest BCUT2D eigenvalue weighted by atomic mass is 32.1. The van der Waals surface area contributed by atoms with Crippen molar-refractivity contribution in [2.45, 2.75) is 25.7 Å². The summed E-state index contributed by atoms with van der Waals surface area (Å²) in [5.74, 6) is 0.560. The van der Waals surface area contributed by atoms with E-state index in [1.165, 1.54) is 0 Å². The van der Waals surface area contributed by atoms with Crippen LogP contribution in [0.3, 0.4) is 0 Å². The lowest BCUT2D eigenvalue weighted by molar-refractivity contribution is -0.140. The first-order chi connectivity index (χ1) is 11.8. The Morgan fingerprint density at radius 1 is 1.32 bits per heavy atom. The van der Waals surface area contributed by atoms with Crippen molar-refractivity contribution in [1.29, 1.82) is 0 Å². The predicted octanol–water partition coefficient (Wildman–Crippen LogP) is 1.46. The number of guanidine groups is 1. The van der Waals surface area contributed by atoms with Gasteiger partial charge in [-0.05, 0) is 14.0 Å². The van der Waals surface area contributed by atoms with E-state index in [1.54, 1.807) is 7.05 Å². The van der Waals surface area contributed by atoms with Crippen LogP contribution in [0.15, 0.2) is 10.4 Å². The van der Waals surface area contributed by atoms with Crippen LogP contribution < -0.4 is 10.6 Å². The Morgan fingerprint density at radius 3 is 2.56 bits per heavy atom. The normalized spacial score (nSPS) is 19.0. The average Bonchev–Trinajstić information content (AvgIpc) is 3.04. The molecule has 2 N–H and O–H groups in total. The van der Waals surface area contributed by atoms with E-state index >= 15 is 0 Å². The Kier molecular flexibility index (Phi) is 7.03. The zero-order valence-corrected chi connectivity index (χ0v) is 15.5. The van der Waals surface area contributed by atoms with Gasteiger partial charge >= 0.3 is 6.18 Å². The molecule has 1 aliphatic heterocycles. The number of nitrogens with zero attached hydrogens (tertiary/aromatic N) is 4. The van der Waals surface area contributed by atoms with E-state index in [9.17, 15) is 13.2 Å². The van der Waals surface area contributed by atoms with Crippen LogP contribution in [-0.4, -0.2) is 73.6 Å². The molecule has 2 rings (SSSR count). The molecule has 0 amide bonds. The van der Waals surface area contributed by atoms with Crippen molar-refractivity contribution >= 4 is 17.3 Å². The molecule has 6 nitrogen and oxygen atoms in total. The minimum atomic E-state index is -4.40. The maximum Gasteiger partial charge on any atom is 0.434 e. The summed E-state index contributed by atoms with van der Waals surface area (Å²) in [5.41, 5.74) is -0.846. The monoisotopic (exact) mass is 378 g/mol. The maximum atomic E-state index is 12.6. The highest BCUT2D eigenvalue weighted by Crippen LogP contribution is 2.29. The first-order valence-electron chi connectivity index (χ1n) is 8.18. The molecule has 0 radical (unpaired) electrons. The Hall–Kier alpha value is -1.39. The molecule has 1 aliphatic rings. The summed E-state index contributed by atoms with van der Waals surface area (Å²) in [6.45, 7) is 7.27. The van der Waals surface area contributed by atoms with Crippen LogP contribution in [-0.2, 0) is 12.7 Å². The number of rotatable bonds is 5. The smallest absolute Gasteiger partial charge is 0.355 e. The zero-order valence-electron chi connectivity index (χ0n) is 14.7. The molecule has 1 aromatic rings. The molecule has 2 heterocycles. The fourth-order valence-electron chi connectivity index (χ4n) is 2.54. The number of piperazine rings is 1. The van der Waals surface area contributed by atoms with E-state index in [1.807, 2.05) is 0 Å². The van der Waals surface area contributed by atoms with Crippen LogP contribution in [0.5, 0.6) is 0 Å². The van der Waals surface area contributed by atoms with E-state index in [0.29, 0.717) is 17.0 Å². The predicted molar refractivity (Wildman–Crippen MR) is 93.8 cm³/mol. The van der Waals surface area contributed by atoms with Gasteiger partial charge in [0.1, 0.15) is 5.01 Å². The third-order valence-corrected chi connectivity index (χ3v) is 5.05. The number of nitrogens with one attached hydrogen (secondary N) is 2. The van der Waals surface area contributed by atoms with Crippen molar-refractivity contribution < 1.29 is 13.2 Å². The van der Waals surface area contributed by atoms with Gasteiger partial charge in [0.25, 0.3) is 0 Å². The third kappa shape index (κ3) is 6.12. The quantitative estimate of drug-likeness (QED) is 0.600. The van der Waals surface area contributed by atoms with Gasteiger partial charge in [-0.2, -0.15) is 13.2 Å². The number of aromatic nitrogens is 1. The highest BCUT2D eigenvalue weighted by Gasteiger charge is 2.33. The molecular weight excluding hydrogens is 353 g/mol. The number of thiazole rings is 1. The SMILES string of the molecule is CN=C(NCc1nc(C(F)(F)F)cs1)NCC(C)N1CCN(C)CC1. The lowest BCUT2D eigenvalue weighted by Gasteiger charge is -2.36. The van der Waals surface area contributed by atoms with E-state index in [0.717, 1.165) is 49.4 Å². The Bertz CT molecular complexity index is 566. The van der Waals surface area contributed by atoms with Crippen LogP contribution >= 0.6 is 11.3 Å². The van der Waals surface area contributed by atoms with Crippen LogP contribution in [0.4, 0.5) is 13.2 Å². The summed E-state index contributed by atoms with van der Waals surface area (Å²) in [6, 6.07) is 0.351. The van der Waals surface area contributed by atoms with Gasteiger partial charge in [0.05, 0.1) is 6.54 Å².